The molecule has 0 spiro atoms. The third-order valence-corrected chi connectivity index (χ3v) is 6.21. The lowest BCUT2D eigenvalue weighted by molar-refractivity contribution is -0.127. The van der Waals surface area contributed by atoms with Gasteiger partial charge in [-0.1, -0.05) is 53.5 Å². The van der Waals surface area contributed by atoms with E-state index in [4.69, 9.17) is 27.9 Å². The van der Waals surface area contributed by atoms with Gasteiger partial charge in [0.05, 0.1) is 15.5 Å². The highest BCUT2D eigenvalue weighted by Gasteiger charge is 2.36. The van der Waals surface area contributed by atoms with Crippen LogP contribution >= 0.6 is 35.0 Å². The molecule has 176 valence electrons. The normalized spacial score (nSPS) is 14.3. The van der Waals surface area contributed by atoms with Gasteiger partial charge in [0.1, 0.15) is 12.3 Å². The van der Waals surface area contributed by atoms with Crippen molar-refractivity contribution in [3.63, 3.8) is 0 Å². The fourth-order valence-electron chi connectivity index (χ4n) is 3.14. The SMILES string of the molecule is O=C(CN1C(=O)S/C(=C\c2cccc(OC(=O)c3ccc(Cl)cc3Cl)c2)C1=O)Nc1ccccc1. The van der Waals surface area contributed by atoms with E-state index in [1.165, 1.54) is 30.3 Å². The number of benzene rings is 3. The molecule has 4 rings (SSSR count). The van der Waals surface area contributed by atoms with Gasteiger partial charge in [-0.3, -0.25) is 19.3 Å². The van der Waals surface area contributed by atoms with Gasteiger partial charge in [0, 0.05) is 10.7 Å². The lowest BCUT2D eigenvalue weighted by Gasteiger charge is -2.12. The average molecular weight is 527 g/mol. The number of nitrogens with one attached hydrogen (secondary N) is 1. The number of nitrogens with zero attached hydrogens (tertiary/aromatic N) is 1. The minimum Gasteiger partial charge on any atom is -0.423 e. The van der Waals surface area contributed by atoms with Crippen LogP contribution in [0.4, 0.5) is 10.5 Å². The molecule has 3 aromatic rings. The molecule has 35 heavy (non-hydrogen) atoms. The van der Waals surface area contributed by atoms with Gasteiger partial charge in [-0.05, 0) is 65.9 Å². The molecule has 0 aromatic heterocycles. The molecule has 0 bridgehead atoms. The Hall–Kier alpha value is -3.59. The van der Waals surface area contributed by atoms with Crippen LogP contribution < -0.4 is 10.1 Å². The number of thioether (sulfide) groups is 1. The molecule has 3 aromatic carbocycles. The van der Waals surface area contributed by atoms with Gasteiger partial charge in [-0.25, -0.2) is 4.79 Å². The summed E-state index contributed by atoms with van der Waals surface area (Å²) in [6, 6.07) is 19.6. The van der Waals surface area contributed by atoms with E-state index in [1.54, 1.807) is 48.5 Å². The lowest BCUT2D eigenvalue weighted by Crippen LogP contribution is -2.36. The molecule has 0 saturated carbocycles. The van der Waals surface area contributed by atoms with E-state index in [9.17, 15) is 19.2 Å². The molecule has 1 heterocycles. The van der Waals surface area contributed by atoms with Gasteiger partial charge < -0.3 is 10.1 Å². The minimum atomic E-state index is -0.673. The number of anilines is 1. The number of amides is 3. The number of imide groups is 1. The fourth-order valence-corrected chi connectivity index (χ4v) is 4.46. The zero-order chi connectivity index (χ0) is 24.9. The largest absolute Gasteiger partial charge is 0.423 e. The van der Waals surface area contributed by atoms with Crippen LogP contribution in [0.3, 0.4) is 0 Å². The fraction of sp³-hybridized carbons (Fsp3) is 0.0400. The van der Waals surface area contributed by atoms with E-state index in [-0.39, 0.29) is 21.2 Å². The summed E-state index contributed by atoms with van der Waals surface area (Å²) in [5.41, 5.74) is 1.24. The maximum atomic E-state index is 12.7. The molecular formula is C25H16Cl2N2O5S. The quantitative estimate of drug-likeness (QED) is 0.244. The first-order valence-corrected chi connectivity index (χ1v) is 11.7. The number of esters is 1. The van der Waals surface area contributed by atoms with Crippen LogP contribution in [0, 0.1) is 0 Å². The molecule has 1 fully saturated rings. The molecule has 10 heteroatoms. The number of hydrogen-bond donors (Lipinski definition) is 1. The van der Waals surface area contributed by atoms with Crippen molar-refractivity contribution in [1.82, 2.24) is 4.90 Å². The maximum Gasteiger partial charge on any atom is 0.345 e. The van der Waals surface area contributed by atoms with E-state index in [2.05, 4.69) is 5.32 Å². The van der Waals surface area contributed by atoms with Crippen molar-refractivity contribution < 1.29 is 23.9 Å². The zero-order valence-electron chi connectivity index (χ0n) is 17.9. The molecule has 0 radical (unpaired) electrons. The molecule has 1 aliphatic heterocycles. The molecule has 0 atom stereocenters. The van der Waals surface area contributed by atoms with E-state index in [0.717, 1.165) is 16.7 Å². The summed E-state index contributed by atoms with van der Waals surface area (Å²) in [5.74, 6) is -1.53. The van der Waals surface area contributed by atoms with Gasteiger partial charge in [-0.2, -0.15) is 0 Å². The molecule has 3 amide bonds. The first kappa shape index (κ1) is 24.5. The first-order valence-electron chi connectivity index (χ1n) is 10.2. The predicted octanol–water partition coefficient (Wildman–Crippen LogP) is 5.89. The Kier molecular flexibility index (Phi) is 7.55. The average Bonchev–Trinajstić information content (AvgIpc) is 3.07. The Labute approximate surface area is 214 Å². The molecule has 1 saturated heterocycles. The zero-order valence-corrected chi connectivity index (χ0v) is 20.2. The third-order valence-electron chi connectivity index (χ3n) is 4.75. The molecule has 1 N–H and O–H groups in total. The van der Waals surface area contributed by atoms with Crippen molar-refractivity contribution in [2.45, 2.75) is 0 Å². The van der Waals surface area contributed by atoms with Gasteiger partial charge in [0.2, 0.25) is 5.91 Å². The van der Waals surface area contributed by atoms with Gasteiger partial charge >= 0.3 is 5.97 Å². The van der Waals surface area contributed by atoms with Crippen LogP contribution in [-0.2, 0) is 9.59 Å². The number of carbonyl (C=O) groups is 4. The summed E-state index contributed by atoms with van der Waals surface area (Å²) >= 11 is 12.6. The number of para-hydroxylation sites is 1. The predicted molar refractivity (Wildman–Crippen MR) is 136 cm³/mol. The number of hydrogen-bond acceptors (Lipinski definition) is 6. The summed E-state index contributed by atoms with van der Waals surface area (Å²) in [6.45, 7) is -0.406. The summed E-state index contributed by atoms with van der Waals surface area (Å²) in [5, 5.41) is 2.64. The molecule has 1 aliphatic rings. The monoisotopic (exact) mass is 526 g/mol. The lowest BCUT2D eigenvalue weighted by atomic mass is 10.2. The third kappa shape index (κ3) is 6.10. The van der Waals surface area contributed by atoms with Crippen LogP contribution in [0.25, 0.3) is 6.08 Å². The summed E-state index contributed by atoms with van der Waals surface area (Å²) in [7, 11) is 0. The maximum absolute atomic E-state index is 12.7. The summed E-state index contributed by atoms with van der Waals surface area (Å²) in [4.78, 5) is 50.9. The highest BCUT2D eigenvalue weighted by molar-refractivity contribution is 8.18. The number of ether oxygens (including phenoxy) is 1. The van der Waals surface area contributed by atoms with Crippen LogP contribution in [-0.4, -0.2) is 34.5 Å². The smallest absolute Gasteiger partial charge is 0.345 e. The van der Waals surface area contributed by atoms with E-state index in [1.807, 2.05) is 0 Å². The Balaban J connectivity index is 1.44. The standard InChI is InChI=1S/C25H16Cl2N2O5S/c26-16-9-10-19(20(27)13-16)24(32)34-18-8-4-5-15(11-18)12-21-23(31)29(25(33)35-21)14-22(30)28-17-6-2-1-3-7-17/h1-13H,14H2,(H,28,30)/b21-12-. The van der Waals surface area contributed by atoms with Crippen molar-refractivity contribution in [3.05, 3.63) is 98.9 Å². The van der Waals surface area contributed by atoms with Crippen molar-refractivity contribution in [2.75, 3.05) is 11.9 Å². The number of carbonyl (C=O) groups excluding carboxylic acids is 4. The topological polar surface area (TPSA) is 92.8 Å². The van der Waals surface area contributed by atoms with Gasteiger partial charge in [-0.15, -0.1) is 0 Å². The second kappa shape index (κ2) is 10.8. The molecule has 0 unspecified atom stereocenters. The summed E-state index contributed by atoms with van der Waals surface area (Å²) < 4.78 is 5.39. The first-order chi connectivity index (χ1) is 16.8. The Morgan fingerprint density at radius 1 is 0.971 bits per heavy atom. The number of rotatable bonds is 6. The van der Waals surface area contributed by atoms with Crippen molar-refractivity contribution in [1.29, 1.82) is 0 Å². The Morgan fingerprint density at radius 3 is 2.49 bits per heavy atom. The van der Waals surface area contributed by atoms with E-state index >= 15 is 0 Å². The molecular weight excluding hydrogens is 511 g/mol. The van der Waals surface area contributed by atoms with Gasteiger partial charge in [0.25, 0.3) is 11.1 Å². The Bertz CT molecular complexity index is 1360. The number of halogens is 2. The van der Waals surface area contributed by atoms with Crippen molar-refractivity contribution in [2.24, 2.45) is 0 Å². The van der Waals surface area contributed by atoms with Crippen LogP contribution in [0.1, 0.15) is 15.9 Å². The van der Waals surface area contributed by atoms with Gasteiger partial charge in [0.15, 0.2) is 0 Å². The Morgan fingerprint density at radius 2 is 1.74 bits per heavy atom. The van der Waals surface area contributed by atoms with Crippen LogP contribution in [0.5, 0.6) is 5.75 Å². The van der Waals surface area contributed by atoms with Crippen LogP contribution in [0.2, 0.25) is 10.0 Å². The van der Waals surface area contributed by atoms with Crippen molar-refractivity contribution >= 4 is 69.8 Å². The molecule has 7 nitrogen and oxygen atoms in total. The van der Waals surface area contributed by atoms with E-state index in [0.29, 0.717) is 16.3 Å². The minimum absolute atomic E-state index is 0.145. The summed E-state index contributed by atoms with van der Waals surface area (Å²) in [6.07, 6.45) is 1.49. The highest BCUT2D eigenvalue weighted by atomic mass is 35.5. The molecule has 0 aliphatic carbocycles. The van der Waals surface area contributed by atoms with E-state index < -0.39 is 29.6 Å². The highest BCUT2D eigenvalue weighted by Crippen LogP contribution is 2.32. The second-order valence-electron chi connectivity index (χ2n) is 7.27. The van der Waals surface area contributed by atoms with Crippen LogP contribution in [0.15, 0.2) is 77.7 Å². The van der Waals surface area contributed by atoms with Crippen molar-refractivity contribution in [3.8, 4) is 5.75 Å². The second-order valence-corrected chi connectivity index (χ2v) is 9.11.